The third-order valence-electron chi connectivity index (χ3n) is 3.31. The van der Waals surface area contributed by atoms with Gasteiger partial charge in [-0.1, -0.05) is 25.9 Å². The lowest BCUT2D eigenvalue weighted by molar-refractivity contribution is 0.0958. The number of hydrogen-bond donors (Lipinski definition) is 1. The first-order valence-electron chi connectivity index (χ1n) is 7.52. The zero-order chi connectivity index (χ0) is 17.0. The molecule has 5 nitrogen and oxygen atoms in total. The molecule has 1 N–H and O–H groups in total. The van der Waals surface area contributed by atoms with Crippen LogP contribution < -0.4 is 5.43 Å². The first kappa shape index (κ1) is 18.0. The minimum Gasteiger partial charge on any atom is -0.399 e. The van der Waals surface area contributed by atoms with Crippen molar-refractivity contribution in [3.8, 4) is 0 Å². The number of thioether (sulfide) groups is 1. The van der Waals surface area contributed by atoms with Crippen LogP contribution in [0.1, 0.15) is 54.4 Å². The number of fused-ring (bicyclic) bond motifs is 1. The second-order valence-corrected chi connectivity index (χ2v) is 8.51. The second kappa shape index (κ2) is 7.49. The normalized spacial score (nSPS) is 16.7. The van der Waals surface area contributed by atoms with Gasteiger partial charge in [0, 0.05) is 11.8 Å². The molecule has 1 aliphatic carbocycles. The van der Waals surface area contributed by atoms with Crippen LogP contribution in [0.5, 0.6) is 0 Å². The number of hydrogen-bond acceptors (Lipinski definition) is 6. The van der Waals surface area contributed by atoms with E-state index in [0.717, 1.165) is 45.2 Å². The van der Waals surface area contributed by atoms with Gasteiger partial charge in [0.1, 0.15) is 7.11 Å². The Kier molecular flexibility index (Phi) is 5.86. The summed E-state index contributed by atoms with van der Waals surface area (Å²) in [5.41, 5.74) is 5.68. The molecule has 1 amide bonds. The fraction of sp³-hybridized carbons (Fsp3) is 0.562. The Morgan fingerprint density at radius 2 is 2.13 bits per heavy atom. The summed E-state index contributed by atoms with van der Waals surface area (Å²) in [6.07, 6.45) is 6.52. The maximum absolute atomic E-state index is 12.5. The van der Waals surface area contributed by atoms with Crippen LogP contribution in [0.3, 0.4) is 0 Å². The molecule has 1 heterocycles. The monoisotopic (exact) mass is 353 g/mol. The van der Waals surface area contributed by atoms with E-state index >= 15 is 0 Å². The van der Waals surface area contributed by atoms with Gasteiger partial charge in [-0.3, -0.25) is 4.79 Å². The van der Waals surface area contributed by atoms with Gasteiger partial charge < -0.3 is 4.84 Å². The fourth-order valence-corrected chi connectivity index (χ4v) is 4.42. The Morgan fingerprint density at radius 3 is 2.74 bits per heavy atom. The number of amides is 1. The maximum Gasteiger partial charge on any atom is 0.281 e. The van der Waals surface area contributed by atoms with E-state index in [1.54, 1.807) is 25.1 Å². The van der Waals surface area contributed by atoms with Gasteiger partial charge in [0.15, 0.2) is 0 Å². The van der Waals surface area contributed by atoms with E-state index in [1.807, 2.05) is 27.0 Å². The summed E-state index contributed by atoms with van der Waals surface area (Å²) >= 11 is 3.15. The molecule has 0 saturated carbocycles. The van der Waals surface area contributed by atoms with Gasteiger partial charge in [0.25, 0.3) is 5.91 Å². The lowest BCUT2D eigenvalue weighted by Crippen LogP contribution is -2.21. The zero-order valence-electron chi connectivity index (χ0n) is 14.2. The molecule has 1 aromatic heterocycles. The van der Waals surface area contributed by atoms with Crippen LogP contribution in [0.25, 0.3) is 0 Å². The van der Waals surface area contributed by atoms with Crippen LogP contribution in [0.15, 0.2) is 14.5 Å². The van der Waals surface area contributed by atoms with Crippen LogP contribution in [0.2, 0.25) is 0 Å². The average molecular weight is 354 g/mol. The highest BCUT2D eigenvalue weighted by Crippen LogP contribution is 2.39. The molecule has 126 valence electrons. The van der Waals surface area contributed by atoms with E-state index in [-0.39, 0.29) is 11.3 Å². The van der Waals surface area contributed by atoms with Gasteiger partial charge in [-0.2, -0.15) is 5.10 Å². The van der Waals surface area contributed by atoms with Crippen molar-refractivity contribution in [2.45, 2.75) is 44.2 Å². The summed E-state index contributed by atoms with van der Waals surface area (Å²) < 4.78 is 1.11. The Balaban J connectivity index is 2.32. The van der Waals surface area contributed by atoms with E-state index in [9.17, 15) is 4.79 Å². The van der Waals surface area contributed by atoms with E-state index in [4.69, 9.17) is 4.84 Å². The van der Waals surface area contributed by atoms with E-state index < -0.39 is 0 Å². The molecule has 0 bridgehead atoms. The fourth-order valence-electron chi connectivity index (χ4n) is 2.39. The predicted octanol–water partition coefficient (Wildman–Crippen LogP) is 3.92. The molecule has 23 heavy (non-hydrogen) atoms. The lowest BCUT2D eigenvalue weighted by atomic mass is 9.92. The van der Waals surface area contributed by atoms with Crippen molar-refractivity contribution in [2.24, 2.45) is 15.7 Å². The minimum atomic E-state index is -0.147. The standard InChI is InChI=1S/C16H23N3O2S2/c1-16(2,3)9-17-18-14(20)13-10-7-6-8-11(19-21-4)12(10)15(22-5)23-13/h9H,6-8H2,1-5H3,(H,18,20). The molecule has 0 fully saturated rings. The Morgan fingerprint density at radius 1 is 1.39 bits per heavy atom. The highest BCUT2D eigenvalue weighted by molar-refractivity contribution is 8.00. The van der Waals surface area contributed by atoms with Gasteiger partial charge in [-0.15, -0.1) is 23.1 Å². The highest BCUT2D eigenvalue weighted by atomic mass is 32.2. The van der Waals surface area contributed by atoms with Crippen molar-refractivity contribution in [3.05, 3.63) is 16.0 Å². The summed E-state index contributed by atoms with van der Waals surface area (Å²) in [6, 6.07) is 0. The number of nitrogens with zero attached hydrogens (tertiary/aromatic N) is 2. The molecule has 2 rings (SSSR count). The number of rotatable bonds is 4. The average Bonchev–Trinajstić information content (AvgIpc) is 2.86. The molecule has 0 spiro atoms. The number of thiophene rings is 1. The number of nitrogens with one attached hydrogen (secondary N) is 1. The molecular weight excluding hydrogens is 330 g/mol. The number of carbonyl (C=O) groups excluding carboxylic acids is 1. The van der Waals surface area contributed by atoms with Gasteiger partial charge in [-0.25, -0.2) is 5.43 Å². The maximum atomic E-state index is 12.5. The molecule has 0 radical (unpaired) electrons. The molecule has 1 aromatic rings. The van der Waals surface area contributed by atoms with Crippen LogP contribution in [-0.4, -0.2) is 31.2 Å². The molecular formula is C16H23N3O2S2. The first-order valence-corrected chi connectivity index (χ1v) is 9.56. The summed E-state index contributed by atoms with van der Waals surface area (Å²) in [5.74, 6) is -0.147. The largest absolute Gasteiger partial charge is 0.399 e. The van der Waals surface area contributed by atoms with Crippen molar-refractivity contribution in [3.63, 3.8) is 0 Å². The van der Waals surface area contributed by atoms with Crippen molar-refractivity contribution in [1.82, 2.24) is 5.43 Å². The van der Waals surface area contributed by atoms with Crippen molar-refractivity contribution in [1.29, 1.82) is 0 Å². The third-order valence-corrected chi connectivity index (χ3v) is 5.67. The first-order chi connectivity index (χ1) is 10.9. The highest BCUT2D eigenvalue weighted by Gasteiger charge is 2.28. The van der Waals surface area contributed by atoms with Crippen LogP contribution in [0, 0.1) is 5.41 Å². The molecule has 0 atom stereocenters. The third kappa shape index (κ3) is 4.35. The van der Waals surface area contributed by atoms with E-state index in [1.165, 1.54) is 11.3 Å². The summed E-state index contributed by atoms with van der Waals surface area (Å²) in [6.45, 7) is 6.11. The Hall–Kier alpha value is -1.34. The van der Waals surface area contributed by atoms with Gasteiger partial charge in [-0.05, 0) is 36.5 Å². The van der Waals surface area contributed by atoms with Crippen molar-refractivity contribution < 1.29 is 9.63 Å². The quantitative estimate of drug-likeness (QED) is 0.507. The smallest absolute Gasteiger partial charge is 0.281 e. The lowest BCUT2D eigenvalue weighted by Gasteiger charge is -2.15. The van der Waals surface area contributed by atoms with Crippen molar-refractivity contribution in [2.75, 3.05) is 13.4 Å². The molecule has 0 aliphatic heterocycles. The number of oxime groups is 1. The van der Waals surface area contributed by atoms with Crippen molar-refractivity contribution >= 4 is 40.9 Å². The molecule has 0 aromatic carbocycles. The molecule has 1 aliphatic rings. The Labute approximate surface area is 145 Å². The summed E-state index contributed by atoms with van der Waals surface area (Å²) in [5, 5.41) is 8.23. The van der Waals surface area contributed by atoms with E-state index in [2.05, 4.69) is 15.7 Å². The summed E-state index contributed by atoms with van der Waals surface area (Å²) in [7, 11) is 1.56. The molecule has 0 saturated heterocycles. The Bertz CT molecular complexity index is 642. The topological polar surface area (TPSA) is 63.0 Å². The number of carbonyl (C=O) groups is 1. The predicted molar refractivity (Wildman–Crippen MR) is 98.0 cm³/mol. The summed E-state index contributed by atoms with van der Waals surface area (Å²) in [4.78, 5) is 18.2. The molecule has 7 heteroatoms. The minimum absolute atomic E-state index is 0.0646. The SMILES string of the molecule is CON=C1CCCc2c(C(=O)NN=CC(C)(C)C)sc(SC)c21. The van der Waals surface area contributed by atoms with E-state index in [0.29, 0.717) is 0 Å². The zero-order valence-corrected chi connectivity index (χ0v) is 15.9. The molecule has 0 unspecified atom stereocenters. The second-order valence-electron chi connectivity index (χ2n) is 6.42. The van der Waals surface area contributed by atoms with Gasteiger partial charge in [0.05, 0.1) is 14.8 Å². The van der Waals surface area contributed by atoms with Gasteiger partial charge in [0.2, 0.25) is 0 Å². The van der Waals surface area contributed by atoms with Crippen LogP contribution in [0.4, 0.5) is 0 Å². The van der Waals surface area contributed by atoms with Crippen LogP contribution >= 0.6 is 23.1 Å². The number of hydrazone groups is 1. The van der Waals surface area contributed by atoms with Crippen LogP contribution in [-0.2, 0) is 11.3 Å². The van der Waals surface area contributed by atoms with Gasteiger partial charge >= 0.3 is 0 Å².